The van der Waals surface area contributed by atoms with Gasteiger partial charge in [0.25, 0.3) is 0 Å². The van der Waals surface area contributed by atoms with Gasteiger partial charge in [-0.2, -0.15) is 5.26 Å². The highest BCUT2D eigenvalue weighted by Crippen LogP contribution is 2.39. The Morgan fingerprint density at radius 1 is 1.59 bits per heavy atom. The summed E-state index contributed by atoms with van der Waals surface area (Å²) in [6.45, 7) is 3.92. The molecule has 0 radical (unpaired) electrons. The van der Waals surface area contributed by atoms with Crippen molar-refractivity contribution in [2.45, 2.75) is 31.2 Å². The van der Waals surface area contributed by atoms with Crippen molar-refractivity contribution in [2.75, 3.05) is 17.3 Å². The van der Waals surface area contributed by atoms with Crippen LogP contribution >= 0.6 is 11.3 Å². The molecule has 1 unspecified atom stereocenters. The zero-order valence-electron chi connectivity index (χ0n) is 9.94. The molecule has 0 spiro atoms. The first-order chi connectivity index (χ1) is 7.81. The highest BCUT2D eigenvalue weighted by molar-refractivity contribution is 7.91. The van der Waals surface area contributed by atoms with Gasteiger partial charge in [-0.25, -0.2) is 8.42 Å². The molecule has 7 heteroatoms. The summed E-state index contributed by atoms with van der Waals surface area (Å²) in [5.41, 5.74) is 5.73. The van der Waals surface area contributed by atoms with Gasteiger partial charge in [-0.05, 0) is 13.3 Å². The average molecular weight is 273 g/mol. The van der Waals surface area contributed by atoms with Crippen molar-refractivity contribution in [3.05, 3.63) is 4.88 Å². The zero-order valence-corrected chi connectivity index (χ0v) is 11.6. The van der Waals surface area contributed by atoms with Crippen LogP contribution in [-0.4, -0.2) is 20.7 Å². The zero-order chi connectivity index (χ0) is 13.2. The fraction of sp³-hybridized carbons (Fsp3) is 0.500. The van der Waals surface area contributed by atoms with E-state index in [1.54, 1.807) is 0 Å². The predicted molar refractivity (Wildman–Crippen MR) is 69.9 cm³/mol. The maximum atomic E-state index is 11.7. The van der Waals surface area contributed by atoms with Crippen LogP contribution in [-0.2, 0) is 9.84 Å². The van der Waals surface area contributed by atoms with Gasteiger partial charge < -0.3 is 11.1 Å². The van der Waals surface area contributed by atoms with E-state index in [1.807, 2.05) is 19.9 Å². The SMILES string of the molecule is CCC(C)Nc1sc(C#N)c(N)c1S(C)(=O)=O. The molecule has 17 heavy (non-hydrogen) atoms. The van der Waals surface area contributed by atoms with Crippen LogP contribution in [0.2, 0.25) is 0 Å². The van der Waals surface area contributed by atoms with Crippen LogP contribution in [0.15, 0.2) is 4.90 Å². The molecule has 5 nitrogen and oxygen atoms in total. The molecule has 1 heterocycles. The quantitative estimate of drug-likeness (QED) is 0.872. The monoisotopic (exact) mass is 273 g/mol. The predicted octanol–water partition coefficient (Wildman–Crippen LogP) is 1.82. The van der Waals surface area contributed by atoms with E-state index < -0.39 is 9.84 Å². The van der Waals surface area contributed by atoms with Crippen LogP contribution in [0.5, 0.6) is 0 Å². The molecule has 0 saturated carbocycles. The molecule has 0 fully saturated rings. The van der Waals surface area contributed by atoms with Gasteiger partial charge in [0.2, 0.25) is 0 Å². The summed E-state index contributed by atoms with van der Waals surface area (Å²) in [5, 5.41) is 12.4. The van der Waals surface area contributed by atoms with Crippen molar-refractivity contribution < 1.29 is 8.42 Å². The number of hydrogen-bond acceptors (Lipinski definition) is 6. The lowest BCUT2D eigenvalue weighted by Gasteiger charge is -2.12. The van der Waals surface area contributed by atoms with E-state index in [1.165, 1.54) is 0 Å². The maximum Gasteiger partial charge on any atom is 0.180 e. The van der Waals surface area contributed by atoms with Crippen LogP contribution < -0.4 is 11.1 Å². The lowest BCUT2D eigenvalue weighted by atomic mass is 10.3. The van der Waals surface area contributed by atoms with Crippen molar-refractivity contribution in [2.24, 2.45) is 0 Å². The second-order valence-corrected chi connectivity index (χ2v) is 6.81. The van der Waals surface area contributed by atoms with Gasteiger partial charge >= 0.3 is 0 Å². The number of hydrogen-bond donors (Lipinski definition) is 2. The molecule has 0 amide bonds. The van der Waals surface area contributed by atoms with Gasteiger partial charge in [-0.3, -0.25) is 0 Å². The van der Waals surface area contributed by atoms with Gasteiger partial charge in [0.1, 0.15) is 20.8 Å². The van der Waals surface area contributed by atoms with Crippen molar-refractivity contribution >= 4 is 31.9 Å². The van der Waals surface area contributed by atoms with Crippen LogP contribution in [0.3, 0.4) is 0 Å². The Hall–Kier alpha value is -1.26. The summed E-state index contributed by atoms with van der Waals surface area (Å²) in [5.74, 6) is 0. The van der Waals surface area contributed by atoms with Gasteiger partial charge in [-0.1, -0.05) is 6.92 Å². The first-order valence-electron chi connectivity index (χ1n) is 5.10. The highest BCUT2D eigenvalue weighted by atomic mass is 32.2. The number of nitrogens with zero attached hydrogens (tertiary/aromatic N) is 1. The molecule has 0 bridgehead atoms. The molecule has 0 aliphatic rings. The fourth-order valence-corrected chi connectivity index (χ4v) is 3.77. The van der Waals surface area contributed by atoms with Crippen LogP contribution in [0.25, 0.3) is 0 Å². The van der Waals surface area contributed by atoms with Crippen LogP contribution in [0.4, 0.5) is 10.7 Å². The Kier molecular flexibility index (Phi) is 4.01. The standard InChI is InChI=1S/C10H15N3O2S2/c1-4-6(2)13-10-9(17(3,14)15)8(12)7(5-11)16-10/h6,13H,4,12H2,1-3H3. The summed E-state index contributed by atoms with van der Waals surface area (Å²) in [4.78, 5) is 0.274. The summed E-state index contributed by atoms with van der Waals surface area (Å²) in [6.07, 6.45) is 1.94. The minimum atomic E-state index is -3.44. The molecular formula is C10H15N3O2S2. The van der Waals surface area contributed by atoms with E-state index in [4.69, 9.17) is 11.0 Å². The second-order valence-electron chi connectivity index (χ2n) is 3.84. The van der Waals surface area contributed by atoms with Crippen LogP contribution in [0.1, 0.15) is 25.1 Å². The number of nitriles is 1. The number of nitrogen functional groups attached to an aromatic ring is 1. The number of thiophene rings is 1. The summed E-state index contributed by atoms with van der Waals surface area (Å²) < 4.78 is 23.3. The average Bonchev–Trinajstić information content (AvgIpc) is 2.53. The normalized spacial score (nSPS) is 13.1. The smallest absolute Gasteiger partial charge is 0.180 e. The Morgan fingerprint density at radius 2 is 2.18 bits per heavy atom. The Labute approximate surface area is 105 Å². The molecule has 0 aromatic carbocycles. The first-order valence-corrected chi connectivity index (χ1v) is 7.81. The molecule has 0 aliphatic carbocycles. The van der Waals surface area contributed by atoms with E-state index in [-0.39, 0.29) is 21.5 Å². The molecule has 94 valence electrons. The molecule has 1 atom stereocenters. The van der Waals surface area contributed by atoms with Gasteiger partial charge in [0.05, 0.1) is 5.69 Å². The first kappa shape index (κ1) is 13.8. The topological polar surface area (TPSA) is 96.0 Å². The third-order valence-corrected chi connectivity index (χ3v) is 4.70. The van der Waals surface area contributed by atoms with E-state index in [2.05, 4.69) is 5.32 Å². The van der Waals surface area contributed by atoms with E-state index in [0.29, 0.717) is 5.00 Å². The van der Waals surface area contributed by atoms with E-state index in [9.17, 15) is 8.42 Å². The number of nitrogens with two attached hydrogens (primary N) is 1. The largest absolute Gasteiger partial charge is 0.396 e. The number of anilines is 2. The lowest BCUT2D eigenvalue weighted by Crippen LogP contribution is -2.14. The number of sulfone groups is 1. The van der Waals surface area contributed by atoms with E-state index >= 15 is 0 Å². The third-order valence-electron chi connectivity index (χ3n) is 2.36. The minimum Gasteiger partial charge on any atom is -0.396 e. The third kappa shape index (κ3) is 2.90. The molecule has 0 saturated heterocycles. The molecule has 1 aromatic heterocycles. The van der Waals surface area contributed by atoms with Crippen molar-refractivity contribution in [3.8, 4) is 6.07 Å². The molecule has 3 N–H and O–H groups in total. The van der Waals surface area contributed by atoms with Crippen molar-refractivity contribution in [3.63, 3.8) is 0 Å². The summed E-state index contributed by atoms with van der Waals surface area (Å²) in [7, 11) is -3.44. The lowest BCUT2D eigenvalue weighted by molar-refractivity contribution is 0.602. The number of rotatable bonds is 4. The maximum absolute atomic E-state index is 11.7. The van der Waals surface area contributed by atoms with Gasteiger partial charge in [0, 0.05) is 12.3 Å². The molecule has 0 aliphatic heterocycles. The van der Waals surface area contributed by atoms with Gasteiger partial charge in [-0.15, -0.1) is 11.3 Å². The van der Waals surface area contributed by atoms with Crippen molar-refractivity contribution in [1.29, 1.82) is 5.26 Å². The molecule has 1 rings (SSSR count). The second kappa shape index (κ2) is 4.94. The van der Waals surface area contributed by atoms with Crippen LogP contribution in [0, 0.1) is 11.3 Å². The Morgan fingerprint density at radius 3 is 2.59 bits per heavy atom. The van der Waals surface area contributed by atoms with Gasteiger partial charge in [0.15, 0.2) is 9.84 Å². The van der Waals surface area contributed by atoms with E-state index in [0.717, 1.165) is 24.0 Å². The summed E-state index contributed by atoms with van der Waals surface area (Å²) in [6, 6.07) is 2.03. The number of nitrogens with one attached hydrogen (secondary N) is 1. The Balaban J connectivity index is 3.36. The highest BCUT2D eigenvalue weighted by Gasteiger charge is 2.24. The minimum absolute atomic E-state index is 0.0411. The molecular weight excluding hydrogens is 258 g/mol. The fourth-order valence-electron chi connectivity index (χ4n) is 1.30. The molecule has 1 aromatic rings. The summed E-state index contributed by atoms with van der Waals surface area (Å²) >= 11 is 1.08. The Bertz CT molecular complexity index is 555. The van der Waals surface area contributed by atoms with Crippen molar-refractivity contribution in [1.82, 2.24) is 0 Å².